The lowest BCUT2D eigenvalue weighted by atomic mass is 9.84. The van der Waals surface area contributed by atoms with Crippen LogP contribution in [-0.4, -0.2) is 28.1 Å². The number of rotatable bonds is 4. The SMILES string of the molecule is OC1(c2ccccc2)CCN(Cc2cnccc2-c2ccccc2)CC1. The Morgan fingerprint density at radius 1 is 0.885 bits per heavy atom. The van der Waals surface area contributed by atoms with E-state index in [0.29, 0.717) is 0 Å². The van der Waals surface area contributed by atoms with Crippen LogP contribution in [0.1, 0.15) is 24.0 Å². The van der Waals surface area contributed by atoms with Crippen molar-refractivity contribution < 1.29 is 5.11 Å². The zero-order valence-corrected chi connectivity index (χ0v) is 14.9. The van der Waals surface area contributed by atoms with E-state index in [2.05, 4.69) is 40.2 Å². The molecule has 26 heavy (non-hydrogen) atoms. The van der Waals surface area contributed by atoms with Crippen molar-refractivity contribution in [2.75, 3.05) is 13.1 Å². The molecule has 0 aliphatic carbocycles. The Hall–Kier alpha value is -2.49. The standard InChI is InChI=1S/C23H24N2O/c26-23(21-9-5-2-6-10-21)12-15-25(16-13-23)18-20-17-24-14-11-22(20)19-7-3-1-4-8-19/h1-11,14,17,26H,12-13,15-16,18H2. The number of pyridine rings is 1. The van der Waals surface area contributed by atoms with Gasteiger partial charge < -0.3 is 5.11 Å². The van der Waals surface area contributed by atoms with Gasteiger partial charge in [0.2, 0.25) is 0 Å². The Morgan fingerprint density at radius 3 is 2.23 bits per heavy atom. The highest BCUT2D eigenvalue weighted by molar-refractivity contribution is 5.66. The monoisotopic (exact) mass is 344 g/mol. The molecule has 3 aromatic rings. The highest BCUT2D eigenvalue weighted by atomic mass is 16.3. The van der Waals surface area contributed by atoms with E-state index in [4.69, 9.17) is 0 Å². The van der Waals surface area contributed by atoms with Crippen molar-refractivity contribution in [1.82, 2.24) is 9.88 Å². The van der Waals surface area contributed by atoms with Crippen LogP contribution in [0.25, 0.3) is 11.1 Å². The summed E-state index contributed by atoms with van der Waals surface area (Å²) in [6.45, 7) is 2.63. The van der Waals surface area contributed by atoms with Gasteiger partial charge in [0.05, 0.1) is 5.60 Å². The van der Waals surface area contributed by atoms with Gasteiger partial charge in [0.15, 0.2) is 0 Å². The number of hydrogen-bond donors (Lipinski definition) is 1. The smallest absolute Gasteiger partial charge is 0.0920 e. The van der Waals surface area contributed by atoms with Gasteiger partial charge in [-0.3, -0.25) is 9.88 Å². The molecule has 1 aromatic heterocycles. The zero-order chi connectivity index (χ0) is 17.8. The predicted molar refractivity (Wildman–Crippen MR) is 105 cm³/mol. The lowest BCUT2D eigenvalue weighted by molar-refractivity contribution is -0.0277. The number of aliphatic hydroxyl groups is 1. The fraction of sp³-hybridized carbons (Fsp3) is 0.261. The average Bonchev–Trinajstić information content (AvgIpc) is 2.72. The molecule has 0 saturated carbocycles. The molecule has 2 heterocycles. The lowest BCUT2D eigenvalue weighted by Gasteiger charge is -2.38. The molecule has 0 spiro atoms. The van der Waals surface area contributed by atoms with Gasteiger partial charge in [-0.2, -0.15) is 0 Å². The van der Waals surface area contributed by atoms with E-state index in [1.807, 2.05) is 48.8 Å². The van der Waals surface area contributed by atoms with E-state index < -0.39 is 5.60 Å². The molecule has 2 aromatic carbocycles. The van der Waals surface area contributed by atoms with Crippen LogP contribution in [0.3, 0.4) is 0 Å². The first-order valence-electron chi connectivity index (χ1n) is 9.23. The predicted octanol–water partition coefficient (Wildman–Crippen LogP) is 4.23. The summed E-state index contributed by atoms with van der Waals surface area (Å²) in [5.41, 5.74) is 4.04. The van der Waals surface area contributed by atoms with E-state index in [9.17, 15) is 5.11 Å². The quantitative estimate of drug-likeness (QED) is 0.769. The molecule has 0 atom stereocenters. The first kappa shape index (κ1) is 17.0. The minimum Gasteiger partial charge on any atom is -0.385 e. The van der Waals surface area contributed by atoms with Crippen molar-refractivity contribution in [3.63, 3.8) is 0 Å². The van der Waals surface area contributed by atoms with E-state index in [-0.39, 0.29) is 0 Å². The van der Waals surface area contributed by atoms with E-state index >= 15 is 0 Å². The van der Waals surface area contributed by atoms with Crippen LogP contribution in [0.2, 0.25) is 0 Å². The molecule has 3 heteroatoms. The van der Waals surface area contributed by atoms with E-state index in [1.165, 1.54) is 16.7 Å². The summed E-state index contributed by atoms with van der Waals surface area (Å²) in [4.78, 5) is 6.75. The van der Waals surface area contributed by atoms with Gasteiger partial charge in [-0.05, 0) is 41.2 Å². The molecule has 4 rings (SSSR count). The van der Waals surface area contributed by atoms with Crippen LogP contribution in [0.15, 0.2) is 79.1 Å². The summed E-state index contributed by atoms with van der Waals surface area (Å²) in [5.74, 6) is 0. The Bertz CT molecular complexity index is 840. The highest BCUT2D eigenvalue weighted by Crippen LogP contribution is 2.33. The van der Waals surface area contributed by atoms with Crippen LogP contribution in [0.5, 0.6) is 0 Å². The number of benzene rings is 2. The molecule has 0 bridgehead atoms. The minimum atomic E-state index is -0.699. The van der Waals surface area contributed by atoms with Crippen LogP contribution < -0.4 is 0 Å². The number of aromatic nitrogens is 1. The fourth-order valence-corrected chi connectivity index (χ4v) is 3.81. The van der Waals surface area contributed by atoms with Crippen molar-refractivity contribution in [2.24, 2.45) is 0 Å². The third-order valence-electron chi connectivity index (χ3n) is 5.38. The molecule has 1 fully saturated rings. The topological polar surface area (TPSA) is 36.4 Å². The fourth-order valence-electron chi connectivity index (χ4n) is 3.81. The molecule has 1 N–H and O–H groups in total. The molecule has 0 unspecified atom stereocenters. The number of likely N-dealkylation sites (tertiary alicyclic amines) is 1. The largest absolute Gasteiger partial charge is 0.385 e. The average molecular weight is 344 g/mol. The summed E-state index contributed by atoms with van der Waals surface area (Å²) in [6.07, 6.45) is 5.35. The molecule has 3 nitrogen and oxygen atoms in total. The maximum atomic E-state index is 11.0. The Kier molecular flexibility index (Phi) is 4.83. The highest BCUT2D eigenvalue weighted by Gasteiger charge is 2.33. The summed E-state index contributed by atoms with van der Waals surface area (Å²) in [6, 6.07) is 22.6. The van der Waals surface area contributed by atoms with Gasteiger partial charge in [-0.1, -0.05) is 60.7 Å². The second kappa shape index (κ2) is 7.40. The molecular weight excluding hydrogens is 320 g/mol. The van der Waals surface area contributed by atoms with Crippen molar-refractivity contribution in [3.8, 4) is 11.1 Å². The molecular formula is C23H24N2O. The molecule has 0 amide bonds. The lowest BCUT2D eigenvalue weighted by Crippen LogP contribution is -2.42. The maximum Gasteiger partial charge on any atom is 0.0920 e. The zero-order valence-electron chi connectivity index (χ0n) is 14.9. The molecule has 0 radical (unpaired) electrons. The second-order valence-corrected chi connectivity index (χ2v) is 7.07. The van der Waals surface area contributed by atoms with Gasteiger partial charge in [0.25, 0.3) is 0 Å². The summed E-state index contributed by atoms with van der Waals surface area (Å²) in [5, 5.41) is 11.0. The molecule has 1 saturated heterocycles. The van der Waals surface area contributed by atoms with Gasteiger partial charge in [-0.25, -0.2) is 0 Å². The number of nitrogens with zero attached hydrogens (tertiary/aromatic N) is 2. The van der Waals surface area contributed by atoms with Gasteiger partial charge in [0, 0.05) is 32.0 Å². The summed E-state index contributed by atoms with van der Waals surface area (Å²) < 4.78 is 0. The van der Waals surface area contributed by atoms with E-state index in [1.54, 1.807) is 0 Å². The van der Waals surface area contributed by atoms with Crippen molar-refractivity contribution in [3.05, 3.63) is 90.3 Å². The van der Waals surface area contributed by atoms with Crippen LogP contribution in [-0.2, 0) is 12.1 Å². The third-order valence-corrected chi connectivity index (χ3v) is 5.38. The third kappa shape index (κ3) is 3.55. The summed E-state index contributed by atoms with van der Waals surface area (Å²) >= 11 is 0. The van der Waals surface area contributed by atoms with Crippen molar-refractivity contribution in [1.29, 1.82) is 0 Å². The van der Waals surface area contributed by atoms with E-state index in [0.717, 1.165) is 38.0 Å². The second-order valence-electron chi connectivity index (χ2n) is 7.07. The summed E-state index contributed by atoms with van der Waals surface area (Å²) in [7, 11) is 0. The first-order valence-corrected chi connectivity index (χ1v) is 9.23. The molecule has 1 aliphatic heterocycles. The number of hydrogen-bond acceptors (Lipinski definition) is 3. The van der Waals surface area contributed by atoms with Gasteiger partial charge >= 0.3 is 0 Å². The van der Waals surface area contributed by atoms with Gasteiger partial charge in [0.1, 0.15) is 0 Å². The van der Waals surface area contributed by atoms with Gasteiger partial charge in [-0.15, -0.1) is 0 Å². The minimum absolute atomic E-state index is 0.699. The van der Waals surface area contributed by atoms with Crippen molar-refractivity contribution in [2.45, 2.75) is 25.0 Å². The van der Waals surface area contributed by atoms with Crippen molar-refractivity contribution >= 4 is 0 Å². The van der Waals surface area contributed by atoms with Crippen LogP contribution in [0.4, 0.5) is 0 Å². The Morgan fingerprint density at radius 2 is 1.54 bits per heavy atom. The Labute approximate surface area is 155 Å². The molecule has 1 aliphatic rings. The normalized spacial score (nSPS) is 17.1. The first-order chi connectivity index (χ1) is 12.7. The van der Waals surface area contributed by atoms with Crippen LogP contribution in [0, 0.1) is 0 Å². The number of piperidine rings is 1. The maximum absolute atomic E-state index is 11.0. The molecule has 132 valence electrons. The van der Waals surface area contributed by atoms with Crippen LogP contribution >= 0.6 is 0 Å². The Balaban J connectivity index is 1.47.